The van der Waals surface area contributed by atoms with E-state index in [4.69, 9.17) is 4.74 Å². The summed E-state index contributed by atoms with van der Waals surface area (Å²) in [6.07, 6.45) is 1.57. The minimum absolute atomic E-state index is 0.0329. The Labute approximate surface area is 143 Å². The predicted octanol–water partition coefficient (Wildman–Crippen LogP) is 2.53. The van der Waals surface area contributed by atoms with Crippen LogP contribution in [0.1, 0.15) is 17.5 Å². The van der Waals surface area contributed by atoms with E-state index in [0.717, 1.165) is 36.0 Å². The molecule has 6 nitrogen and oxygen atoms in total. The lowest BCUT2D eigenvalue weighted by Crippen LogP contribution is -2.38. The lowest BCUT2D eigenvalue weighted by atomic mass is 10.1. The van der Waals surface area contributed by atoms with Crippen LogP contribution in [0.2, 0.25) is 0 Å². The number of aryl methyl sites for hydroxylation is 2. The molecule has 0 unspecified atom stereocenters. The number of benzene rings is 1. The number of carbonyl (C=O) groups is 2. The Balaban J connectivity index is 1.88. The minimum Gasteiger partial charge on any atom is -0.419 e. The van der Waals surface area contributed by atoms with Gasteiger partial charge in [0.25, 0.3) is 0 Å². The van der Waals surface area contributed by atoms with Gasteiger partial charge in [0.05, 0.1) is 12.8 Å². The molecule has 0 aromatic heterocycles. The van der Waals surface area contributed by atoms with Crippen molar-refractivity contribution in [3.63, 3.8) is 0 Å². The first-order valence-corrected chi connectivity index (χ1v) is 8.16. The van der Waals surface area contributed by atoms with Crippen LogP contribution in [0.4, 0.5) is 10.5 Å². The van der Waals surface area contributed by atoms with E-state index >= 15 is 0 Å². The van der Waals surface area contributed by atoms with Crippen LogP contribution < -0.4 is 5.32 Å². The van der Waals surface area contributed by atoms with Gasteiger partial charge in [0.15, 0.2) is 0 Å². The smallest absolute Gasteiger partial charge is 0.414 e. The second-order valence-corrected chi connectivity index (χ2v) is 5.98. The fourth-order valence-corrected chi connectivity index (χ4v) is 2.85. The molecule has 1 fully saturated rings. The molecule has 1 aliphatic rings. The fourth-order valence-electron chi connectivity index (χ4n) is 2.85. The van der Waals surface area contributed by atoms with Gasteiger partial charge in [0.1, 0.15) is 0 Å². The van der Waals surface area contributed by atoms with E-state index in [2.05, 4.69) is 16.8 Å². The molecule has 0 spiro atoms. The molecule has 1 aromatic rings. The maximum Gasteiger partial charge on any atom is 0.414 e. The van der Waals surface area contributed by atoms with E-state index in [9.17, 15) is 9.59 Å². The molecular weight excluding hydrogens is 306 g/mol. The first-order valence-electron chi connectivity index (χ1n) is 8.16. The Hall–Kier alpha value is -2.34. The van der Waals surface area contributed by atoms with Crippen LogP contribution in [-0.4, -0.2) is 54.5 Å². The zero-order valence-corrected chi connectivity index (χ0v) is 14.4. The van der Waals surface area contributed by atoms with Gasteiger partial charge in [-0.1, -0.05) is 24.8 Å². The van der Waals surface area contributed by atoms with Crippen LogP contribution in [0.25, 0.3) is 0 Å². The number of anilines is 1. The summed E-state index contributed by atoms with van der Waals surface area (Å²) in [4.78, 5) is 27.8. The van der Waals surface area contributed by atoms with E-state index in [1.54, 1.807) is 4.90 Å². The van der Waals surface area contributed by atoms with Gasteiger partial charge in [-0.05, 0) is 31.4 Å². The zero-order valence-electron chi connectivity index (χ0n) is 14.4. The van der Waals surface area contributed by atoms with Crippen LogP contribution in [0, 0.1) is 13.8 Å². The van der Waals surface area contributed by atoms with Crippen LogP contribution >= 0.6 is 0 Å². The number of hydrogen-bond acceptors (Lipinski definition) is 4. The SMILES string of the molecule is C=COC(=O)N1CCCN(CC(=O)Nc2c(C)cccc2C)CC1. The number of nitrogens with zero attached hydrogens (tertiary/aromatic N) is 2. The van der Waals surface area contributed by atoms with Gasteiger partial charge < -0.3 is 15.0 Å². The van der Waals surface area contributed by atoms with Gasteiger partial charge in [-0.2, -0.15) is 0 Å². The summed E-state index contributed by atoms with van der Waals surface area (Å²) in [5.74, 6) is -0.0329. The molecule has 1 aliphatic heterocycles. The van der Waals surface area contributed by atoms with E-state index in [-0.39, 0.29) is 12.0 Å². The van der Waals surface area contributed by atoms with Crippen LogP contribution in [0.15, 0.2) is 31.0 Å². The molecular formula is C18H25N3O3. The van der Waals surface area contributed by atoms with Gasteiger partial charge in [-0.15, -0.1) is 0 Å². The normalized spacial score (nSPS) is 15.5. The van der Waals surface area contributed by atoms with E-state index in [1.807, 2.05) is 32.0 Å². The molecule has 1 aromatic carbocycles. The van der Waals surface area contributed by atoms with Crippen molar-refractivity contribution in [1.29, 1.82) is 0 Å². The van der Waals surface area contributed by atoms with Crippen molar-refractivity contribution in [3.8, 4) is 0 Å². The molecule has 0 bridgehead atoms. The quantitative estimate of drug-likeness (QED) is 0.861. The Morgan fingerprint density at radius 3 is 2.58 bits per heavy atom. The van der Waals surface area contributed by atoms with Crippen molar-refractivity contribution < 1.29 is 14.3 Å². The maximum absolute atomic E-state index is 12.3. The summed E-state index contributed by atoms with van der Waals surface area (Å²) in [6, 6.07) is 5.95. The lowest BCUT2D eigenvalue weighted by molar-refractivity contribution is -0.117. The molecule has 1 N–H and O–H groups in total. The second-order valence-electron chi connectivity index (χ2n) is 5.98. The van der Waals surface area contributed by atoms with Crippen molar-refractivity contribution in [2.45, 2.75) is 20.3 Å². The third-order valence-electron chi connectivity index (χ3n) is 4.14. The largest absolute Gasteiger partial charge is 0.419 e. The predicted molar refractivity (Wildman–Crippen MR) is 93.9 cm³/mol. The molecule has 130 valence electrons. The highest BCUT2D eigenvalue weighted by Crippen LogP contribution is 2.19. The average Bonchev–Trinajstić information content (AvgIpc) is 2.77. The molecule has 1 saturated heterocycles. The summed E-state index contributed by atoms with van der Waals surface area (Å²) in [7, 11) is 0. The fraction of sp³-hybridized carbons (Fsp3) is 0.444. The Morgan fingerprint density at radius 1 is 1.21 bits per heavy atom. The number of para-hydroxylation sites is 1. The van der Waals surface area contributed by atoms with E-state index < -0.39 is 0 Å². The molecule has 0 aliphatic carbocycles. The van der Waals surface area contributed by atoms with Crippen LogP contribution in [0.3, 0.4) is 0 Å². The first kappa shape index (κ1) is 18.0. The summed E-state index contributed by atoms with van der Waals surface area (Å²) in [6.45, 7) is 10.3. The summed E-state index contributed by atoms with van der Waals surface area (Å²) in [5.41, 5.74) is 2.99. The number of ether oxygens (including phenoxy) is 1. The van der Waals surface area contributed by atoms with Crippen LogP contribution in [-0.2, 0) is 9.53 Å². The van der Waals surface area contributed by atoms with Gasteiger partial charge in [0.2, 0.25) is 5.91 Å². The lowest BCUT2D eigenvalue weighted by Gasteiger charge is -2.21. The highest BCUT2D eigenvalue weighted by atomic mass is 16.5. The standard InChI is InChI=1S/C18H25N3O3/c1-4-24-18(23)21-10-6-9-20(11-12-21)13-16(22)19-17-14(2)7-5-8-15(17)3/h4-5,7-8H,1,6,9-13H2,2-3H3,(H,19,22). The van der Waals surface area contributed by atoms with Crippen molar-refractivity contribution >= 4 is 17.7 Å². The highest BCUT2D eigenvalue weighted by molar-refractivity contribution is 5.93. The molecule has 0 atom stereocenters. The number of carbonyl (C=O) groups excluding carboxylic acids is 2. The molecule has 2 rings (SSSR count). The van der Waals surface area contributed by atoms with Crippen LogP contribution in [0.5, 0.6) is 0 Å². The monoisotopic (exact) mass is 331 g/mol. The number of hydrogen-bond donors (Lipinski definition) is 1. The number of rotatable bonds is 4. The van der Waals surface area contributed by atoms with Gasteiger partial charge in [0, 0.05) is 31.9 Å². The van der Waals surface area contributed by atoms with Crippen molar-refractivity contribution in [2.24, 2.45) is 0 Å². The molecule has 1 heterocycles. The average molecular weight is 331 g/mol. The number of amides is 2. The minimum atomic E-state index is -0.383. The Kier molecular flexibility index (Phi) is 6.37. The third kappa shape index (κ3) is 4.83. The molecule has 2 amide bonds. The van der Waals surface area contributed by atoms with Gasteiger partial charge >= 0.3 is 6.09 Å². The Morgan fingerprint density at radius 2 is 1.92 bits per heavy atom. The van der Waals surface area contributed by atoms with E-state index in [0.29, 0.717) is 26.2 Å². The summed E-state index contributed by atoms with van der Waals surface area (Å²) < 4.78 is 4.81. The van der Waals surface area contributed by atoms with Crippen molar-refractivity contribution in [1.82, 2.24) is 9.80 Å². The van der Waals surface area contributed by atoms with Gasteiger partial charge in [-0.3, -0.25) is 9.69 Å². The first-order chi connectivity index (χ1) is 11.5. The van der Waals surface area contributed by atoms with Crippen molar-refractivity contribution in [2.75, 3.05) is 38.0 Å². The summed E-state index contributed by atoms with van der Waals surface area (Å²) >= 11 is 0. The molecule has 0 saturated carbocycles. The zero-order chi connectivity index (χ0) is 17.5. The molecule has 24 heavy (non-hydrogen) atoms. The topological polar surface area (TPSA) is 61.9 Å². The molecule has 6 heteroatoms. The van der Waals surface area contributed by atoms with Gasteiger partial charge in [-0.25, -0.2) is 4.79 Å². The van der Waals surface area contributed by atoms with E-state index in [1.165, 1.54) is 0 Å². The Bertz CT molecular complexity index is 595. The number of nitrogens with one attached hydrogen (secondary N) is 1. The third-order valence-corrected chi connectivity index (χ3v) is 4.14. The molecule has 0 radical (unpaired) electrons. The summed E-state index contributed by atoms with van der Waals surface area (Å²) in [5, 5.41) is 3.00. The highest BCUT2D eigenvalue weighted by Gasteiger charge is 2.21. The maximum atomic E-state index is 12.3. The second kappa shape index (κ2) is 8.49. The van der Waals surface area contributed by atoms with Crippen molar-refractivity contribution in [3.05, 3.63) is 42.2 Å².